The molecule has 0 fully saturated rings. The van der Waals surface area contributed by atoms with Gasteiger partial charge in [-0.2, -0.15) is 0 Å². The first-order chi connectivity index (χ1) is 30.5. The van der Waals surface area contributed by atoms with Crippen molar-refractivity contribution >= 4 is 77.9 Å². The SMILES string of the molecule is Cc1ccc2c(n1)oc1c(-c3nc4ccccc4n3-c3ccc4sc5ccccc5c4c3)[c-]ccc12.[2H]C([2H])(c1cc(-c2[c-]cccc2)ncc1[Si](C)(C)C)C(C)c1ccccc1.[Ir]. The van der Waals surface area contributed by atoms with Gasteiger partial charge < -0.3 is 14.0 Å². The monoisotopic (exact) mass is 1020 g/mol. The number of furan rings is 1. The van der Waals surface area contributed by atoms with Gasteiger partial charge in [0.1, 0.15) is 0 Å². The van der Waals surface area contributed by atoms with Crippen LogP contribution in [0.5, 0.6) is 0 Å². The fraction of sp³-hybridized carbons (Fsp3) is 0.130. The Labute approximate surface area is 383 Å². The Balaban J connectivity index is 0.000000167. The number of benzene rings is 6. The number of hydrogen-bond acceptors (Lipinski definition) is 5. The zero-order valence-corrected chi connectivity index (χ0v) is 39.2. The first-order valence-electron chi connectivity index (χ1n) is 21.6. The van der Waals surface area contributed by atoms with Crippen molar-refractivity contribution in [3.63, 3.8) is 0 Å². The summed E-state index contributed by atoms with van der Waals surface area (Å²) in [7, 11) is -1.77. The van der Waals surface area contributed by atoms with E-state index in [2.05, 4.69) is 113 Å². The molecule has 0 spiro atoms. The van der Waals surface area contributed by atoms with Gasteiger partial charge in [0.25, 0.3) is 0 Å². The molecule has 11 aromatic rings. The third kappa shape index (κ3) is 7.84. The Morgan fingerprint density at radius 2 is 1.52 bits per heavy atom. The Bertz CT molecular complexity index is 3470. The minimum atomic E-state index is -1.77. The van der Waals surface area contributed by atoms with Crippen molar-refractivity contribution in [3.05, 3.63) is 187 Å². The normalized spacial score (nSPS) is 12.9. The fourth-order valence-electron chi connectivity index (χ4n) is 8.12. The second kappa shape index (κ2) is 17.0. The van der Waals surface area contributed by atoms with Crippen molar-refractivity contribution in [1.82, 2.24) is 19.5 Å². The predicted molar refractivity (Wildman–Crippen MR) is 258 cm³/mol. The van der Waals surface area contributed by atoms with Crippen molar-refractivity contribution in [2.45, 2.75) is 45.8 Å². The van der Waals surface area contributed by atoms with Gasteiger partial charge in [-0.1, -0.05) is 110 Å². The zero-order chi connectivity index (χ0) is 43.5. The molecule has 0 amide bonds. The van der Waals surface area contributed by atoms with Crippen LogP contribution in [0.25, 0.3) is 81.6 Å². The summed E-state index contributed by atoms with van der Waals surface area (Å²) in [4.78, 5) is 14.4. The summed E-state index contributed by atoms with van der Waals surface area (Å²) < 4.78 is 29.2. The molecule has 5 heterocycles. The molecule has 0 aliphatic heterocycles. The maximum absolute atomic E-state index is 9.04. The molecule has 0 aliphatic rings. The quantitative estimate of drug-likeness (QED) is 0.118. The van der Waals surface area contributed by atoms with E-state index in [0.29, 0.717) is 5.71 Å². The number of aryl methyl sites for hydroxylation is 1. The van der Waals surface area contributed by atoms with Gasteiger partial charge in [0.05, 0.1) is 30.5 Å². The van der Waals surface area contributed by atoms with Gasteiger partial charge in [0, 0.05) is 66.0 Å². The molecule has 307 valence electrons. The second-order valence-corrected chi connectivity index (χ2v) is 22.6. The summed E-state index contributed by atoms with van der Waals surface area (Å²) in [5, 5.41) is 5.62. The van der Waals surface area contributed by atoms with Crippen LogP contribution in [0.2, 0.25) is 19.6 Å². The van der Waals surface area contributed by atoms with Crippen molar-refractivity contribution < 1.29 is 27.3 Å². The van der Waals surface area contributed by atoms with E-state index in [1.807, 2.05) is 116 Å². The van der Waals surface area contributed by atoms with E-state index in [-0.39, 0.29) is 26.0 Å². The van der Waals surface area contributed by atoms with Gasteiger partial charge in [-0.05, 0) is 84.2 Å². The molecule has 0 N–H and O–H groups in total. The first-order valence-corrected chi connectivity index (χ1v) is 24.9. The van der Waals surface area contributed by atoms with Gasteiger partial charge in [0.2, 0.25) is 5.71 Å². The number of rotatable bonds is 7. The van der Waals surface area contributed by atoms with Gasteiger partial charge >= 0.3 is 0 Å². The standard InChI is InChI=1S/C31H18N3OS.C23H26NSi.Ir/c1-18-13-15-22-21-8-6-9-23(29(21)35-31(22)32-18)30-33-25-10-3-4-11-26(25)34(30)19-14-16-28-24(17-19)20-7-2-5-12-27(20)36-28;1-18(19-11-7-5-8-12-19)15-21-16-22(20-13-9-6-10-14-20)24-17-23(21)25(2,3)4;/h2-8,10-17H,1H3;5-13,16-18H,15H2,1-4H3;/q2*-1;/i;15D2;. The third-order valence-corrected chi connectivity index (χ3v) is 14.4. The van der Waals surface area contributed by atoms with Crippen LogP contribution in [0.15, 0.2) is 162 Å². The molecule has 5 aromatic heterocycles. The number of fused-ring (bicyclic) bond motifs is 7. The fourth-order valence-corrected chi connectivity index (χ4v) is 10.6. The number of imidazole rings is 1. The van der Waals surface area contributed by atoms with Gasteiger partial charge in [-0.15, -0.1) is 65.4 Å². The number of nitrogens with zero attached hydrogens (tertiary/aromatic N) is 4. The largest absolute Gasteiger partial charge is 0.486 e. The molecule has 62 heavy (non-hydrogen) atoms. The van der Waals surface area contributed by atoms with Crippen LogP contribution < -0.4 is 5.19 Å². The molecule has 0 bridgehead atoms. The smallest absolute Gasteiger partial charge is 0.216 e. The predicted octanol–water partition coefficient (Wildman–Crippen LogP) is 13.9. The molecular formula is C54H44IrN4OSSi-2. The van der Waals surface area contributed by atoms with Crippen molar-refractivity contribution in [1.29, 1.82) is 0 Å². The maximum Gasteiger partial charge on any atom is 0.216 e. The van der Waals surface area contributed by atoms with Crippen LogP contribution in [0.1, 0.15) is 32.4 Å². The molecule has 11 rings (SSSR count). The van der Waals surface area contributed by atoms with Gasteiger partial charge in [-0.3, -0.25) is 4.98 Å². The summed E-state index contributed by atoms with van der Waals surface area (Å²) in [6.45, 7) is 10.7. The molecule has 0 saturated carbocycles. The summed E-state index contributed by atoms with van der Waals surface area (Å²) in [5.41, 5.74) is 9.62. The van der Waals surface area contributed by atoms with Crippen LogP contribution in [-0.4, -0.2) is 27.6 Å². The van der Waals surface area contributed by atoms with E-state index < -0.39 is 14.4 Å². The van der Waals surface area contributed by atoms with Crippen LogP contribution in [-0.2, 0) is 26.5 Å². The molecular weight excluding hydrogens is 973 g/mol. The second-order valence-electron chi connectivity index (χ2n) is 16.5. The number of para-hydroxylation sites is 2. The van der Waals surface area contributed by atoms with Crippen LogP contribution >= 0.6 is 11.3 Å². The van der Waals surface area contributed by atoms with E-state index in [1.165, 1.54) is 20.2 Å². The average molecular weight is 1020 g/mol. The zero-order valence-electron chi connectivity index (χ0n) is 37.0. The van der Waals surface area contributed by atoms with E-state index >= 15 is 0 Å². The topological polar surface area (TPSA) is 56.7 Å². The van der Waals surface area contributed by atoms with E-state index in [1.54, 1.807) is 0 Å². The van der Waals surface area contributed by atoms with Crippen molar-refractivity contribution in [2.75, 3.05) is 0 Å². The molecule has 0 saturated heterocycles. The Morgan fingerprint density at radius 1 is 0.742 bits per heavy atom. The first kappa shape index (κ1) is 38.9. The van der Waals surface area contributed by atoms with Crippen LogP contribution in [0, 0.1) is 19.1 Å². The molecule has 1 radical (unpaired) electrons. The summed E-state index contributed by atoms with van der Waals surface area (Å²) in [6.07, 6.45) is 0.400. The number of thiophene rings is 1. The molecule has 8 heteroatoms. The molecule has 1 unspecified atom stereocenters. The maximum atomic E-state index is 9.04. The van der Waals surface area contributed by atoms with Gasteiger partial charge in [0.15, 0.2) is 0 Å². The molecule has 5 nitrogen and oxygen atoms in total. The Morgan fingerprint density at radius 3 is 2.34 bits per heavy atom. The molecule has 6 aromatic carbocycles. The summed E-state index contributed by atoms with van der Waals surface area (Å²) in [6, 6.07) is 57.8. The van der Waals surface area contributed by atoms with Crippen molar-refractivity contribution in [3.8, 4) is 28.3 Å². The van der Waals surface area contributed by atoms with Crippen LogP contribution in [0.3, 0.4) is 0 Å². The molecule has 0 aliphatic carbocycles. The average Bonchev–Trinajstić information content (AvgIpc) is 4.00. The van der Waals surface area contributed by atoms with Crippen molar-refractivity contribution in [2.24, 2.45) is 0 Å². The summed E-state index contributed by atoms with van der Waals surface area (Å²) in [5.74, 6) is 0.542. The third-order valence-electron chi connectivity index (χ3n) is 11.2. The van der Waals surface area contributed by atoms with E-state index in [0.717, 1.165) is 77.7 Å². The molecule has 1 atom stereocenters. The summed E-state index contributed by atoms with van der Waals surface area (Å²) >= 11 is 1.82. The minimum Gasteiger partial charge on any atom is -0.486 e. The van der Waals surface area contributed by atoms with Gasteiger partial charge in [-0.25, -0.2) is 4.98 Å². The number of aromatic nitrogens is 4. The Hall–Kier alpha value is -6.02. The number of hydrogen-bond donors (Lipinski definition) is 0. The van der Waals surface area contributed by atoms with Crippen LogP contribution in [0.4, 0.5) is 0 Å². The minimum absolute atomic E-state index is 0. The number of pyridine rings is 2. The van der Waals surface area contributed by atoms with E-state index in [4.69, 9.17) is 12.1 Å². The van der Waals surface area contributed by atoms with E-state index in [9.17, 15) is 0 Å². The Kier molecular flexibility index (Phi) is 10.7.